The zero-order valence-electron chi connectivity index (χ0n) is 11.1. The van der Waals surface area contributed by atoms with Gasteiger partial charge >= 0.3 is 0 Å². The van der Waals surface area contributed by atoms with Crippen molar-refractivity contribution in [2.75, 3.05) is 18.5 Å². The van der Waals surface area contributed by atoms with E-state index in [1.807, 2.05) is 7.05 Å². The molecule has 2 heteroatoms. The number of nitrogens with one attached hydrogen (secondary N) is 1. The maximum Gasteiger partial charge on any atom is 0.0368 e. The van der Waals surface area contributed by atoms with Gasteiger partial charge in [-0.05, 0) is 44.5 Å². The summed E-state index contributed by atoms with van der Waals surface area (Å²) in [7, 11) is 1.99. The molecule has 0 atom stereocenters. The van der Waals surface area contributed by atoms with Crippen LogP contribution in [0.5, 0.6) is 0 Å². The summed E-state index contributed by atoms with van der Waals surface area (Å²) in [6.45, 7) is 4.34. The van der Waals surface area contributed by atoms with Crippen molar-refractivity contribution in [2.24, 2.45) is 0 Å². The van der Waals surface area contributed by atoms with E-state index in [2.05, 4.69) is 41.4 Å². The number of nitrogens with zero attached hydrogens (tertiary/aromatic N) is 1. The Bertz CT molecular complexity index is 325. The molecule has 2 rings (SSSR count). The van der Waals surface area contributed by atoms with E-state index >= 15 is 0 Å². The molecular formula is C15H24N2. The highest BCUT2D eigenvalue weighted by molar-refractivity contribution is 5.48. The second-order valence-electron chi connectivity index (χ2n) is 4.92. The number of anilines is 1. The van der Waals surface area contributed by atoms with E-state index in [9.17, 15) is 0 Å². The second kappa shape index (κ2) is 6.06. The Balaban J connectivity index is 2.07. The fraction of sp³-hybridized carbons (Fsp3) is 0.600. The van der Waals surface area contributed by atoms with Crippen molar-refractivity contribution in [3.63, 3.8) is 0 Å². The molecule has 1 fully saturated rings. The first-order valence-corrected chi connectivity index (χ1v) is 6.85. The minimum absolute atomic E-state index is 0.773. The van der Waals surface area contributed by atoms with E-state index < -0.39 is 0 Å². The van der Waals surface area contributed by atoms with Crippen molar-refractivity contribution < 1.29 is 0 Å². The molecule has 0 aromatic heterocycles. The minimum Gasteiger partial charge on any atom is -0.369 e. The van der Waals surface area contributed by atoms with Gasteiger partial charge in [0.1, 0.15) is 0 Å². The molecule has 1 aromatic rings. The normalized spacial score (nSPS) is 16.4. The highest BCUT2D eigenvalue weighted by Crippen LogP contribution is 2.28. The molecule has 0 bridgehead atoms. The number of rotatable bonds is 5. The molecule has 2 nitrogen and oxygen atoms in total. The van der Waals surface area contributed by atoms with Crippen molar-refractivity contribution in [1.82, 2.24) is 5.32 Å². The fourth-order valence-corrected chi connectivity index (χ4v) is 2.88. The topological polar surface area (TPSA) is 15.3 Å². The monoisotopic (exact) mass is 232 g/mol. The molecule has 0 saturated heterocycles. The Hall–Kier alpha value is -1.02. The van der Waals surface area contributed by atoms with Crippen LogP contribution in [0.15, 0.2) is 24.3 Å². The molecule has 17 heavy (non-hydrogen) atoms. The van der Waals surface area contributed by atoms with Crippen molar-refractivity contribution in [3.8, 4) is 0 Å². The highest BCUT2D eigenvalue weighted by Gasteiger charge is 2.21. The molecule has 1 aliphatic carbocycles. The molecule has 0 unspecified atom stereocenters. The third kappa shape index (κ3) is 3.01. The van der Waals surface area contributed by atoms with Gasteiger partial charge in [-0.1, -0.05) is 25.0 Å². The van der Waals surface area contributed by atoms with Gasteiger partial charge < -0.3 is 10.2 Å². The number of hydrogen-bond donors (Lipinski definition) is 1. The molecular weight excluding hydrogens is 208 g/mol. The summed E-state index contributed by atoms with van der Waals surface area (Å²) in [5, 5.41) is 3.19. The maximum absolute atomic E-state index is 3.19. The van der Waals surface area contributed by atoms with Gasteiger partial charge in [0, 0.05) is 24.8 Å². The van der Waals surface area contributed by atoms with E-state index in [0.717, 1.165) is 19.1 Å². The standard InChI is InChI=1S/C15H24N2/c1-3-17(14-6-4-5-7-14)15-10-8-13(9-11-15)12-16-2/h8-11,14,16H,3-7,12H2,1-2H3. The summed E-state index contributed by atoms with van der Waals surface area (Å²) in [5.41, 5.74) is 2.75. The van der Waals surface area contributed by atoms with Crippen molar-refractivity contribution in [3.05, 3.63) is 29.8 Å². The van der Waals surface area contributed by atoms with E-state index in [4.69, 9.17) is 0 Å². The van der Waals surface area contributed by atoms with Gasteiger partial charge in [-0.3, -0.25) is 0 Å². The van der Waals surface area contributed by atoms with E-state index in [-0.39, 0.29) is 0 Å². The summed E-state index contributed by atoms with van der Waals surface area (Å²) in [5.74, 6) is 0. The van der Waals surface area contributed by atoms with Gasteiger partial charge in [0.25, 0.3) is 0 Å². The van der Waals surface area contributed by atoms with Gasteiger partial charge in [0.05, 0.1) is 0 Å². The Morgan fingerprint density at radius 3 is 2.35 bits per heavy atom. The van der Waals surface area contributed by atoms with Crippen molar-refractivity contribution in [2.45, 2.75) is 45.2 Å². The zero-order valence-corrected chi connectivity index (χ0v) is 11.1. The zero-order chi connectivity index (χ0) is 12.1. The lowest BCUT2D eigenvalue weighted by Gasteiger charge is -2.30. The summed E-state index contributed by atoms with van der Waals surface area (Å²) >= 11 is 0. The third-order valence-electron chi connectivity index (χ3n) is 3.76. The number of hydrogen-bond acceptors (Lipinski definition) is 2. The molecule has 0 spiro atoms. The van der Waals surface area contributed by atoms with Crippen molar-refractivity contribution >= 4 is 5.69 Å². The summed E-state index contributed by atoms with van der Waals surface area (Å²) < 4.78 is 0. The van der Waals surface area contributed by atoms with Crippen LogP contribution in [0.25, 0.3) is 0 Å². The summed E-state index contributed by atoms with van der Waals surface area (Å²) in [4.78, 5) is 2.57. The van der Waals surface area contributed by atoms with Crippen LogP contribution in [0, 0.1) is 0 Å². The fourth-order valence-electron chi connectivity index (χ4n) is 2.88. The van der Waals surface area contributed by atoms with Crippen LogP contribution in [-0.2, 0) is 6.54 Å². The molecule has 0 heterocycles. The summed E-state index contributed by atoms with van der Waals surface area (Å²) in [6, 6.07) is 9.80. The van der Waals surface area contributed by atoms with Gasteiger partial charge in [-0.25, -0.2) is 0 Å². The van der Waals surface area contributed by atoms with Gasteiger partial charge in [-0.15, -0.1) is 0 Å². The minimum atomic E-state index is 0.773. The second-order valence-corrected chi connectivity index (χ2v) is 4.92. The summed E-state index contributed by atoms with van der Waals surface area (Å²) in [6.07, 6.45) is 5.54. The lowest BCUT2D eigenvalue weighted by molar-refractivity contribution is 0.620. The first kappa shape index (κ1) is 12.4. The Morgan fingerprint density at radius 2 is 1.82 bits per heavy atom. The number of benzene rings is 1. The van der Waals surface area contributed by atoms with Crippen LogP contribution in [0.1, 0.15) is 38.2 Å². The van der Waals surface area contributed by atoms with Crippen LogP contribution in [0.4, 0.5) is 5.69 Å². The predicted molar refractivity (Wildman–Crippen MR) is 74.5 cm³/mol. The van der Waals surface area contributed by atoms with Crippen LogP contribution < -0.4 is 10.2 Å². The average molecular weight is 232 g/mol. The Labute approximate surface area is 105 Å². The average Bonchev–Trinajstić information content (AvgIpc) is 2.86. The van der Waals surface area contributed by atoms with Crippen LogP contribution in [0.3, 0.4) is 0 Å². The quantitative estimate of drug-likeness (QED) is 0.839. The molecule has 1 aromatic carbocycles. The van der Waals surface area contributed by atoms with Crippen LogP contribution >= 0.6 is 0 Å². The molecule has 94 valence electrons. The third-order valence-corrected chi connectivity index (χ3v) is 3.76. The first-order chi connectivity index (χ1) is 8.35. The van der Waals surface area contributed by atoms with Gasteiger partial charge in [-0.2, -0.15) is 0 Å². The molecule has 1 saturated carbocycles. The Kier molecular flexibility index (Phi) is 4.43. The predicted octanol–water partition coefficient (Wildman–Crippen LogP) is 3.17. The SMILES string of the molecule is CCN(c1ccc(CNC)cc1)C1CCCC1. The maximum atomic E-state index is 3.19. The first-order valence-electron chi connectivity index (χ1n) is 6.85. The molecule has 0 radical (unpaired) electrons. The molecule has 0 aliphatic heterocycles. The Morgan fingerprint density at radius 1 is 1.18 bits per heavy atom. The largest absolute Gasteiger partial charge is 0.369 e. The van der Waals surface area contributed by atoms with E-state index in [0.29, 0.717) is 0 Å². The van der Waals surface area contributed by atoms with Crippen LogP contribution in [-0.4, -0.2) is 19.6 Å². The lowest BCUT2D eigenvalue weighted by Crippen LogP contribution is -2.32. The molecule has 0 amide bonds. The molecule has 1 N–H and O–H groups in total. The van der Waals surface area contributed by atoms with Crippen molar-refractivity contribution in [1.29, 1.82) is 0 Å². The van der Waals surface area contributed by atoms with Gasteiger partial charge in [0.15, 0.2) is 0 Å². The van der Waals surface area contributed by atoms with Gasteiger partial charge in [0.2, 0.25) is 0 Å². The smallest absolute Gasteiger partial charge is 0.0368 e. The lowest BCUT2D eigenvalue weighted by atomic mass is 10.1. The van der Waals surface area contributed by atoms with E-state index in [1.165, 1.54) is 36.9 Å². The van der Waals surface area contributed by atoms with E-state index in [1.54, 1.807) is 0 Å². The van der Waals surface area contributed by atoms with Crippen LogP contribution in [0.2, 0.25) is 0 Å². The molecule has 1 aliphatic rings. The highest BCUT2D eigenvalue weighted by atomic mass is 15.2.